The third-order valence-corrected chi connectivity index (χ3v) is 3.21. The van der Waals surface area contributed by atoms with E-state index in [4.69, 9.17) is 0 Å². The van der Waals surface area contributed by atoms with Crippen molar-refractivity contribution in [2.45, 2.75) is 37.8 Å². The summed E-state index contributed by atoms with van der Waals surface area (Å²) in [6.07, 6.45) is 5.44. The molecular weight excluding hydrogens is 164 g/mol. The van der Waals surface area contributed by atoms with Crippen molar-refractivity contribution in [3.63, 3.8) is 0 Å². The van der Waals surface area contributed by atoms with Crippen molar-refractivity contribution in [2.75, 3.05) is 6.54 Å². The third kappa shape index (κ3) is 1.09. The van der Waals surface area contributed by atoms with Crippen molar-refractivity contribution >= 4 is 0 Å². The van der Waals surface area contributed by atoms with Gasteiger partial charge in [-0.15, -0.1) is 0 Å². The Morgan fingerprint density at radius 2 is 2.46 bits per heavy atom. The van der Waals surface area contributed by atoms with Crippen LogP contribution in [0.2, 0.25) is 0 Å². The largest absolute Gasteiger partial charge is 0.313 e. The van der Waals surface area contributed by atoms with E-state index < -0.39 is 0 Å². The molecule has 1 aromatic heterocycles. The van der Waals surface area contributed by atoms with Crippen molar-refractivity contribution in [1.29, 1.82) is 0 Å². The van der Waals surface area contributed by atoms with Crippen molar-refractivity contribution in [2.24, 2.45) is 0 Å². The molecule has 70 valence electrons. The highest BCUT2D eigenvalue weighted by molar-refractivity contribution is 5.06. The van der Waals surface area contributed by atoms with Crippen LogP contribution in [0.3, 0.4) is 0 Å². The summed E-state index contributed by atoms with van der Waals surface area (Å²) < 4.78 is 2.06. The van der Waals surface area contributed by atoms with Gasteiger partial charge in [0.2, 0.25) is 0 Å². The van der Waals surface area contributed by atoms with Gasteiger partial charge in [-0.3, -0.25) is 0 Å². The summed E-state index contributed by atoms with van der Waals surface area (Å²) in [6, 6.07) is 0.658. The Labute approximate surface area is 77.4 Å². The molecule has 2 atom stereocenters. The number of piperidine rings is 1. The smallest absolute Gasteiger partial charge is 0.138 e. The van der Waals surface area contributed by atoms with Gasteiger partial charge in [0.25, 0.3) is 0 Å². The molecule has 0 bridgehead atoms. The van der Waals surface area contributed by atoms with Gasteiger partial charge in [0.1, 0.15) is 12.2 Å². The van der Waals surface area contributed by atoms with Crippen LogP contribution in [0.1, 0.15) is 31.0 Å². The van der Waals surface area contributed by atoms with E-state index in [0.717, 1.165) is 6.54 Å². The van der Waals surface area contributed by atoms with Gasteiger partial charge in [0.05, 0.1) is 0 Å². The number of nitrogens with zero attached hydrogens (tertiary/aromatic N) is 3. The first-order valence-electron chi connectivity index (χ1n) is 5.06. The lowest BCUT2D eigenvalue weighted by Crippen LogP contribution is -2.44. The molecule has 3 rings (SSSR count). The van der Waals surface area contributed by atoms with Crippen LogP contribution in [-0.2, 0) is 6.54 Å². The molecule has 2 aliphatic heterocycles. The minimum Gasteiger partial charge on any atom is -0.313 e. The number of nitrogens with one attached hydrogen (secondary N) is 1. The Bertz CT molecular complexity index is 306. The first-order valence-corrected chi connectivity index (χ1v) is 5.06. The van der Waals surface area contributed by atoms with E-state index in [1.54, 1.807) is 6.33 Å². The van der Waals surface area contributed by atoms with Crippen molar-refractivity contribution in [3.8, 4) is 0 Å². The van der Waals surface area contributed by atoms with Gasteiger partial charge in [-0.1, -0.05) is 0 Å². The number of fused-ring (bicyclic) bond motifs is 3. The second kappa shape index (κ2) is 2.80. The van der Waals surface area contributed by atoms with Crippen LogP contribution in [-0.4, -0.2) is 27.4 Å². The fourth-order valence-corrected chi connectivity index (χ4v) is 2.56. The van der Waals surface area contributed by atoms with Crippen molar-refractivity contribution < 1.29 is 0 Å². The minimum absolute atomic E-state index is 0.616. The zero-order valence-electron chi connectivity index (χ0n) is 7.61. The molecule has 3 heterocycles. The standard InChI is InChI=1S/C9H14N4/c1-2-7-8(10-4-1)3-5-13-9(7)11-6-12-13/h6-8,10H,1-5H2. The van der Waals surface area contributed by atoms with Crippen LogP contribution in [0.25, 0.3) is 0 Å². The molecule has 1 aromatic rings. The van der Waals surface area contributed by atoms with Crippen LogP contribution < -0.4 is 5.32 Å². The Balaban J connectivity index is 1.97. The molecule has 1 saturated heterocycles. The number of aromatic nitrogens is 3. The van der Waals surface area contributed by atoms with E-state index in [9.17, 15) is 0 Å². The van der Waals surface area contributed by atoms with Crippen molar-refractivity contribution in [1.82, 2.24) is 20.1 Å². The van der Waals surface area contributed by atoms with Gasteiger partial charge in [0.15, 0.2) is 0 Å². The molecule has 0 aromatic carbocycles. The van der Waals surface area contributed by atoms with Crippen molar-refractivity contribution in [3.05, 3.63) is 12.2 Å². The molecule has 0 amide bonds. The summed E-state index contributed by atoms with van der Waals surface area (Å²) in [7, 11) is 0. The Hall–Kier alpha value is -0.900. The fourth-order valence-electron chi connectivity index (χ4n) is 2.56. The monoisotopic (exact) mass is 178 g/mol. The quantitative estimate of drug-likeness (QED) is 0.629. The lowest BCUT2D eigenvalue weighted by atomic mass is 9.86. The predicted molar refractivity (Wildman–Crippen MR) is 48.4 cm³/mol. The van der Waals surface area contributed by atoms with Crippen LogP contribution in [0, 0.1) is 0 Å². The molecule has 1 N–H and O–H groups in total. The van der Waals surface area contributed by atoms with Gasteiger partial charge in [-0.05, 0) is 25.8 Å². The average Bonchev–Trinajstić information content (AvgIpc) is 2.65. The first-order chi connectivity index (χ1) is 6.45. The molecule has 0 aliphatic carbocycles. The van der Waals surface area contributed by atoms with Crippen LogP contribution in [0.15, 0.2) is 6.33 Å². The molecule has 13 heavy (non-hydrogen) atoms. The van der Waals surface area contributed by atoms with Crippen LogP contribution in [0.4, 0.5) is 0 Å². The summed E-state index contributed by atoms with van der Waals surface area (Å²) in [5.41, 5.74) is 0. The summed E-state index contributed by atoms with van der Waals surface area (Å²) in [6.45, 7) is 2.21. The van der Waals surface area contributed by atoms with E-state index in [-0.39, 0.29) is 0 Å². The lowest BCUT2D eigenvalue weighted by molar-refractivity contribution is 0.268. The normalized spacial score (nSPS) is 32.3. The summed E-state index contributed by atoms with van der Waals surface area (Å²) in [5.74, 6) is 1.81. The second-order valence-electron chi connectivity index (χ2n) is 3.94. The minimum atomic E-state index is 0.616. The topological polar surface area (TPSA) is 42.7 Å². The maximum absolute atomic E-state index is 4.35. The van der Waals surface area contributed by atoms with Gasteiger partial charge in [-0.25, -0.2) is 9.67 Å². The number of hydrogen-bond donors (Lipinski definition) is 1. The highest BCUT2D eigenvalue weighted by Crippen LogP contribution is 2.31. The van der Waals surface area contributed by atoms with Crippen LogP contribution >= 0.6 is 0 Å². The molecule has 4 heteroatoms. The summed E-state index contributed by atoms with van der Waals surface area (Å²) in [5, 5.41) is 7.80. The van der Waals surface area contributed by atoms with Gasteiger partial charge < -0.3 is 5.32 Å². The number of hydrogen-bond acceptors (Lipinski definition) is 3. The average molecular weight is 178 g/mol. The predicted octanol–water partition coefficient (Wildman–Crippen LogP) is 0.517. The summed E-state index contributed by atoms with van der Waals surface area (Å²) in [4.78, 5) is 4.35. The zero-order valence-corrected chi connectivity index (χ0v) is 7.61. The molecule has 1 fully saturated rings. The lowest BCUT2D eigenvalue weighted by Gasteiger charge is -2.35. The fraction of sp³-hybridized carbons (Fsp3) is 0.778. The highest BCUT2D eigenvalue weighted by Gasteiger charge is 2.32. The number of rotatable bonds is 0. The zero-order chi connectivity index (χ0) is 8.67. The Morgan fingerprint density at radius 3 is 3.46 bits per heavy atom. The van der Waals surface area contributed by atoms with E-state index in [1.807, 2.05) is 0 Å². The van der Waals surface area contributed by atoms with Gasteiger partial charge >= 0.3 is 0 Å². The maximum Gasteiger partial charge on any atom is 0.138 e. The highest BCUT2D eigenvalue weighted by atomic mass is 15.3. The molecule has 2 aliphatic rings. The molecule has 0 radical (unpaired) electrons. The van der Waals surface area contributed by atoms with Gasteiger partial charge in [0, 0.05) is 18.5 Å². The molecule has 0 spiro atoms. The van der Waals surface area contributed by atoms with Gasteiger partial charge in [-0.2, -0.15) is 5.10 Å². The van der Waals surface area contributed by atoms with E-state index >= 15 is 0 Å². The van der Waals surface area contributed by atoms with E-state index in [2.05, 4.69) is 20.1 Å². The summed E-state index contributed by atoms with van der Waals surface area (Å²) >= 11 is 0. The molecule has 0 saturated carbocycles. The molecular formula is C9H14N4. The maximum atomic E-state index is 4.35. The first kappa shape index (κ1) is 7.50. The third-order valence-electron chi connectivity index (χ3n) is 3.21. The SMILES string of the molecule is c1nc2n(n1)CCC1NCCCC21. The van der Waals surface area contributed by atoms with Crippen LogP contribution in [0.5, 0.6) is 0 Å². The van der Waals surface area contributed by atoms with E-state index in [1.165, 1.54) is 31.6 Å². The molecule has 4 nitrogen and oxygen atoms in total. The Morgan fingerprint density at radius 1 is 1.46 bits per heavy atom. The second-order valence-corrected chi connectivity index (χ2v) is 3.94. The number of aryl methyl sites for hydroxylation is 1. The Kier molecular flexibility index (Phi) is 1.62. The van der Waals surface area contributed by atoms with E-state index in [0.29, 0.717) is 12.0 Å². The molecule has 2 unspecified atom stereocenters.